The van der Waals surface area contributed by atoms with Crippen LogP contribution >= 0.6 is 0 Å². The van der Waals surface area contributed by atoms with Gasteiger partial charge in [-0.1, -0.05) is 39.0 Å². The van der Waals surface area contributed by atoms with Gasteiger partial charge < -0.3 is 5.11 Å². The zero-order chi connectivity index (χ0) is 13.7. The lowest BCUT2D eigenvalue weighted by molar-refractivity contribution is -0.220. The number of fused-ring (bicyclic) bond motifs is 1. The van der Waals surface area contributed by atoms with Gasteiger partial charge in [-0.05, 0) is 6.07 Å². The Labute approximate surface area is 108 Å². The van der Waals surface area contributed by atoms with Crippen LogP contribution in [-0.4, -0.2) is 35.1 Å². The molecule has 1 amide bonds. The van der Waals surface area contributed by atoms with Crippen molar-refractivity contribution in [1.82, 2.24) is 10.0 Å². The minimum Gasteiger partial charge on any atom is -0.365 e. The lowest BCUT2D eigenvalue weighted by atomic mass is 9.79. The third-order valence-corrected chi connectivity index (χ3v) is 3.48. The van der Waals surface area contributed by atoms with E-state index in [9.17, 15) is 9.90 Å². The Morgan fingerprint density at radius 3 is 2.28 bits per heavy atom. The molecule has 98 valence electrons. The van der Waals surface area contributed by atoms with Crippen molar-refractivity contribution in [2.45, 2.75) is 26.5 Å². The summed E-state index contributed by atoms with van der Waals surface area (Å²) in [6.07, 6.45) is 0. The van der Waals surface area contributed by atoms with Crippen molar-refractivity contribution in [3.63, 3.8) is 0 Å². The molecule has 0 fully saturated rings. The Hall–Kier alpha value is -1.39. The van der Waals surface area contributed by atoms with Crippen LogP contribution in [0, 0.1) is 5.41 Å². The second kappa shape index (κ2) is 3.80. The molecule has 2 rings (SSSR count). The highest BCUT2D eigenvalue weighted by Crippen LogP contribution is 2.48. The molecular weight excluding hydrogens is 228 g/mol. The summed E-state index contributed by atoms with van der Waals surface area (Å²) in [6.45, 7) is 5.79. The summed E-state index contributed by atoms with van der Waals surface area (Å²) in [5.41, 5.74) is -0.552. The molecule has 4 nitrogen and oxygen atoms in total. The lowest BCUT2D eigenvalue weighted by Gasteiger charge is -2.46. The largest absolute Gasteiger partial charge is 0.365 e. The number of hydrogen-bond donors (Lipinski definition) is 1. The molecule has 1 aliphatic rings. The molecule has 1 N–H and O–H groups in total. The summed E-state index contributed by atoms with van der Waals surface area (Å²) in [4.78, 5) is 12.4. The first kappa shape index (κ1) is 13.1. The van der Waals surface area contributed by atoms with Crippen LogP contribution < -0.4 is 0 Å². The molecule has 0 saturated carbocycles. The second-order valence-electron chi connectivity index (χ2n) is 5.93. The Morgan fingerprint density at radius 1 is 1.22 bits per heavy atom. The fraction of sp³-hybridized carbons (Fsp3) is 0.500. The van der Waals surface area contributed by atoms with Crippen molar-refractivity contribution in [2.24, 2.45) is 5.41 Å². The molecule has 0 aliphatic carbocycles. The Kier molecular flexibility index (Phi) is 2.76. The molecule has 4 heteroatoms. The van der Waals surface area contributed by atoms with Crippen molar-refractivity contribution < 1.29 is 9.90 Å². The van der Waals surface area contributed by atoms with Crippen LogP contribution in [0.15, 0.2) is 24.3 Å². The van der Waals surface area contributed by atoms with Gasteiger partial charge in [-0.25, -0.2) is 10.0 Å². The number of aliphatic hydroxyl groups is 1. The molecular formula is C14H20N2O2. The average molecular weight is 248 g/mol. The maximum absolute atomic E-state index is 12.4. The van der Waals surface area contributed by atoms with E-state index < -0.39 is 11.1 Å². The van der Waals surface area contributed by atoms with E-state index in [0.717, 1.165) is 0 Å². The highest BCUT2D eigenvalue weighted by atomic mass is 16.3. The zero-order valence-corrected chi connectivity index (χ0v) is 11.6. The molecule has 0 spiro atoms. The average Bonchev–Trinajstić information content (AvgIpc) is 2.49. The van der Waals surface area contributed by atoms with Gasteiger partial charge >= 0.3 is 0 Å². The highest BCUT2D eigenvalue weighted by Gasteiger charge is 2.56. The van der Waals surface area contributed by atoms with E-state index in [4.69, 9.17) is 0 Å². The second-order valence-corrected chi connectivity index (χ2v) is 5.93. The SMILES string of the molecule is CN(C)N1C(=O)c2ccccc2C1(O)C(C)(C)C. The molecule has 0 radical (unpaired) electrons. The summed E-state index contributed by atoms with van der Waals surface area (Å²) in [7, 11) is 3.53. The smallest absolute Gasteiger partial charge is 0.271 e. The number of carbonyl (C=O) groups excluding carboxylic acids is 1. The van der Waals surface area contributed by atoms with Gasteiger partial charge in [-0.3, -0.25) is 4.79 Å². The first-order valence-corrected chi connectivity index (χ1v) is 6.05. The predicted molar refractivity (Wildman–Crippen MR) is 69.7 cm³/mol. The number of rotatable bonds is 1. The van der Waals surface area contributed by atoms with Crippen molar-refractivity contribution in [3.05, 3.63) is 35.4 Å². The number of amides is 1. The first-order valence-electron chi connectivity index (χ1n) is 6.05. The van der Waals surface area contributed by atoms with E-state index in [1.54, 1.807) is 25.2 Å². The van der Waals surface area contributed by atoms with Gasteiger partial charge in [-0.15, -0.1) is 0 Å². The molecule has 0 aromatic heterocycles. The molecule has 1 aliphatic heterocycles. The first-order chi connectivity index (χ1) is 8.21. The Morgan fingerprint density at radius 2 is 1.78 bits per heavy atom. The monoisotopic (exact) mass is 248 g/mol. The standard InChI is InChI=1S/C14H20N2O2/c1-13(2,3)14(18)11-9-7-6-8-10(11)12(17)16(14)15(4)5/h6-9,18H,1-5H3. The van der Waals surface area contributed by atoms with Gasteiger partial charge in [0.05, 0.1) is 0 Å². The van der Waals surface area contributed by atoms with Gasteiger partial charge in [0.2, 0.25) is 0 Å². The summed E-state index contributed by atoms with van der Waals surface area (Å²) >= 11 is 0. The minimum absolute atomic E-state index is 0.159. The molecule has 0 saturated heterocycles. The molecule has 1 atom stereocenters. The topological polar surface area (TPSA) is 43.8 Å². The number of hydrogen-bond acceptors (Lipinski definition) is 3. The van der Waals surface area contributed by atoms with Gasteiger partial charge in [-0.2, -0.15) is 0 Å². The normalized spacial score (nSPS) is 23.7. The zero-order valence-electron chi connectivity index (χ0n) is 11.6. The molecule has 18 heavy (non-hydrogen) atoms. The van der Waals surface area contributed by atoms with E-state index >= 15 is 0 Å². The van der Waals surface area contributed by atoms with Crippen LogP contribution in [0.25, 0.3) is 0 Å². The van der Waals surface area contributed by atoms with E-state index in [0.29, 0.717) is 11.1 Å². The fourth-order valence-corrected chi connectivity index (χ4v) is 2.54. The van der Waals surface area contributed by atoms with Gasteiger partial charge in [0, 0.05) is 30.6 Å². The molecule has 1 aromatic rings. The maximum Gasteiger partial charge on any atom is 0.271 e. The van der Waals surface area contributed by atoms with Crippen molar-refractivity contribution >= 4 is 5.91 Å². The van der Waals surface area contributed by atoms with Crippen molar-refractivity contribution in [1.29, 1.82) is 0 Å². The van der Waals surface area contributed by atoms with E-state index in [1.807, 2.05) is 39.0 Å². The quantitative estimate of drug-likeness (QED) is 0.824. The maximum atomic E-state index is 12.4. The number of benzene rings is 1. The third-order valence-electron chi connectivity index (χ3n) is 3.48. The summed E-state index contributed by atoms with van der Waals surface area (Å²) in [5, 5.41) is 14.2. The van der Waals surface area contributed by atoms with Crippen LogP contribution in [0.4, 0.5) is 0 Å². The Balaban J connectivity index is 2.72. The van der Waals surface area contributed by atoms with Gasteiger partial charge in [0.15, 0.2) is 5.72 Å². The molecule has 1 heterocycles. The molecule has 1 unspecified atom stereocenters. The van der Waals surface area contributed by atoms with E-state index in [2.05, 4.69) is 0 Å². The van der Waals surface area contributed by atoms with Gasteiger partial charge in [0.25, 0.3) is 5.91 Å². The highest BCUT2D eigenvalue weighted by molar-refractivity contribution is 5.99. The fourth-order valence-electron chi connectivity index (χ4n) is 2.54. The van der Waals surface area contributed by atoms with Crippen molar-refractivity contribution in [3.8, 4) is 0 Å². The van der Waals surface area contributed by atoms with Crippen LogP contribution in [0.2, 0.25) is 0 Å². The number of nitrogens with zero attached hydrogens (tertiary/aromatic N) is 2. The van der Waals surface area contributed by atoms with Crippen molar-refractivity contribution in [2.75, 3.05) is 14.1 Å². The minimum atomic E-state index is -1.32. The van der Waals surface area contributed by atoms with Crippen LogP contribution in [-0.2, 0) is 5.72 Å². The molecule has 0 bridgehead atoms. The summed E-state index contributed by atoms with van der Waals surface area (Å²) in [5.74, 6) is -0.159. The van der Waals surface area contributed by atoms with E-state index in [-0.39, 0.29) is 5.91 Å². The van der Waals surface area contributed by atoms with Crippen LogP contribution in [0.5, 0.6) is 0 Å². The number of carbonyl (C=O) groups is 1. The summed E-state index contributed by atoms with van der Waals surface area (Å²) < 4.78 is 0. The predicted octanol–water partition coefficient (Wildman–Crippen LogP) is 1.81. The lowest BCUT2D eigenvalue weighted by Crippen LogP contribution is -2.57. The number of hydrazine groups is 1. The van der Waals surface area contributed by atoms with Gasteiger partial charge in [0.1, 0.15) is 0 Å². The van der Waals surface area contributed by atoms with E-state index in [1.165, 1.54) is 5.01 Å². The van der Waals surface area contributed by atoms with Crippen LogP contribution in [0.3, 0.4) is 0 Å². The molecule has 1 aromatic carbocycles. The third kappa shape index (κ3) is 1.49. The Bertz CT molecular complexity index is 491. The summed E-state index contributed by atoms with van der Waals surface area (Å²) in [6, 6.07) is 7.25. The van der Waals surface area contributed by atoms with Crippen LogP contribution in [0.1, 0.15) is 36.7 Å².